The molecule has 0 saturated heterocycles. The fourth-order valence-electron chi connectivity index (χ4n) is 2.37. The van der Waals surface area contributed by atoms with E-state index >= 15 is 0 Å². The van der Waals surface area contributed by atoms with Gasteiger partial charge in [-0.2, -0.15) is 0 Å². The molecule has 2 nitrogen and oxygen atoms in total. The maximum absolute atomic E-state index is 13.7. The van der Waals surface area contributed by atoms with E-state index < -0.39 is 29.7 Å². The van der Waals surface area contributed by atoms with E-state index in [4.69, 9.17) is 4.74 Å². The van der Waals surface area contributed by atoms with Gasteiger partial charge in [0.2, 0.25) is 0 Å². The molecule has 104 valence electrons. The molecule has 2 aromatic rings. The van der Waals surface area contributed by atoms with Crippen LogP contribution >= 0.6 is 0 Å². The largest absolute Gasteiger partial charge is 0.485 e. The zero-order valence-electron chi connectivity index (χ0n) is 10.3. The van der Waals surface area contributed by atoms with Gasteiger partial charge in [-0.1, -0.05) is 0 Å². The smallest absolute Gasteiger partial charge is 0.130 e. The third-order valence-electron chi connectivity index (χ3n) is 3.34. The molecule has 0 aromatic heterocycles. The van der Waals surface area contributed by atoms with Crippen molar-refractivity contribution in [2.45, 2.75) is 18.6 Å². The molecule has 20 heavy (non-hydrogen) atoms. The standard InChI is InChI=1S/C15H11F3O2/c16-8-1-3-12(18)10(5-8)15-7-13(19)11-6-9(17)2-4-14(11)20-15/h1-6,13,15,19H,7H2. The summed E-state index contributed by atoms with van der Waals surface area (Å²) in [5, 5.41) is 10.0. The van der Waals surface area contributed by atoms with Crippen LogP contribution in [0.15, 0.2) is 36.4 Å². The van der Waals surface area contributed by atoms with Crippen LogP contribution in [-0.4, -0.2) is 5.11 Å². The van der Waals surface area contributed by atoms with Crippen LogP contribution in [0.5, 0.6) is 5.75 Å². The lowest BCUT2D eigenvalue weighted by Gasteiger charge is -2.30. The molecule has 2 atom stereocenters. The third-order valence-corrected chi connectivity index (χ3v) is 3.34. The molecule has 0 fully saturated rings. The molecule has 2 aromatic carbocycles. The van der Waals surface area contributed by atoms with Gasteiger partial charge < -0.3 is 9.84 Å². The molecule has 0 bridgehead atoms. The maximum atomic E-state index is 13.7. The summed E-state index contributed by atoms with van der Waals surface area (Å²) in [6.07, 6.45) is -1.75. The number of ether oxygens (including phenoxy) is 1. The highest BCUT2D eigenvalue weighted by Crippen LogP contribution is 2.41. The van der Waals surface area contributed by atoms with Crippen LogP contribution in [0.1, 0.15) is 29.8 Å². The Balaban J connectivity index is 1.99. The summed E-state index contributed by atoms with van der Waals surface area (Å²) in [7, 11) is 0. The van der Waals surface area contributed by atoms with Crippen molar-refractivity contribution in [3.05, 3.63) is 65.0 Å². The van der Waals surface area contributed by atoms with Crippen LogP contribution in [0.3, 0.4) is 0 Å². The first kappa shape index (κ1) is 13.0. The minimum atomic E-state index is -0.984. The Bertz CT molecular complexity index is 658. The quantitative estimate of drug-likeness (QED) is 0.863. The fourth-order valence-corrected chi connectivity index (χ4v) is 2.37. The van der Waals surface area contributed by atoms with E-state index in [1.165, 1.54) is 18.2 Å². The van der Waals surface area contributed by atoms with Crippen LogP contribution in [0.25, 0.3) is 0 Å². The van der Waals surface area contributed by atoms with Gasteiger partial charge >= 0.3 is 0 Å². The maximum Gasteiger partial charge on any atom is 0.130 e. The molecule has 0 saturated carbocycles. The number of halogens is 3. The highest BCUT2D eigenvalue weighted by atomic mass is 19.1. The zero-order chi connectivity index (χ0) is 14.3. The molecule has 0 spiro atoms. The Morgan fingerprint density at radius 1 is 0.950 bits per heavy atom. The number of aliphatic hydroxyl groups is 1. The molecule has 0 radical (unpaired) electrons. The second-order valence-electron chi connectivity index (χ2n) is 4.71. The number of hydrogen-bond donors (Lipinski definition) is 1. The molecule has 3 rings (SSSR count). The van der Waals surface area contributed by atoms with Gasteiger partial charge in [-0.15, -0.1) is 0 Å². The van der Waals surface area contributed by atoms with Crippen molar-refractivity contribution >= 4 is 0 Å². The Kier molecular flexibility index (Phi) is 3.14. The predicted octanol–water partition coefficient (Wildman–Crippen LogP) is 3.66. The normalized spacial score (nSPS) is 21.2. The molecular formula is C15H11F3O2. The monoisotopic (exact) mass is 280 g/mol. The predicted molar refractivity (Wildman–Crippen MR) is 65.7 cm³/mol. The molecule has 0 amide bonds. The van der Waals surface area contributed by atoms with E-state index in [1.807, 2.05) is 0 Å². The third kappa shape index (κ3) is 2.25. The molecule has 1 aliphatic heterocycles. The highest BCUT2D eigenvalue weighted by molar-refractivity contribution is 5.39. The molecule has 5 heteroatoms. The van der Waals surface area contributed by atoms with Crippen molar-refractivity contribution in [3.8, 4) is 5.75 Å². The van der Waals surface area contributed by atoms with Gasteiger partial charge in [-0.25, -0.2) is 13.2 Å². The van der Waals surface area contributed by atoms with Gasteiger partial charge in [0.15, 0.2) is 0 Å². The second kappa shape index (κ2) is 4.83. The number of hydrogen-bond acceptors (Lipinski definition) is 2. The summed E-state index contributed by atoms with van der Waals surface area (Å²) in [6, 6.07) is 6.81. The van der Waals surface area contributed by atoms with Crippen LogP contribution in [0.2, 0.25) is 0 Å². The Hall–Kier alpha value is -2.01. The number of fused-ring (bicyclic) bond motifs is 1. The average molecular weight is 280 g/mol. The fraction of sp³-hybridized carbons (Fsp3) is 0.200. The molecular weight excluding hydrogens is 269 g/mol. The molecule has 1 N–H and O–H groups in total. The number of benzene rings is 2. The zero-order valence-corrected chi connectivity index (χ0v) is 10.3. The van der Waals surface area contributed by atoms with E-state index in [2.05, 4.69) is 0 Å². The van der Waals surface area contributed by atoms with Crippen molar-refractivity contribution in [3.63, 3.8) is 0 Å². The summed E-state index contributed by atoms with van der Waals surface area (Å²) >= 11 is 0. The first-order valence-electron chi connectivity index (χ1n) is 6.13. The van der Waals surface area contributed by atoms with E-state index in [-0.39, 0.29) is 17.7 Å². The van der Waals surface area contributed by atoms with E-state index in [0.717, 1.165) is 18.2 Å². The van der Waals surface area contributed by atoms with Crippen molar-refractivity contribution in [2.24, 2.45) is 0 Å². The Labute approximate surface area is 113 Å². The first-order chi connectivity index (χ1) is 9.54. The van der Waals surface area contributed by atoms with Gasteiger partial charge in [0.25, 0.3) is 0 Å². The summed E-state index contributed by atoms with van der Waals surface area (Å²) < 4.78 is 45.6. The topological polar surface area (TPSA) is 29.5 Å². The van der Waals surface area contributed by atoms with Gasteiger partial charge in [0.1, 0.15) is 29.3 Å². The van der Waals surface area contributed by atoms with Gasteiger partial charge in [0.05, 0.1) is 6.10 Å². The summed E-state index contributed by atoms with van der Waals surface area (Å²) in [5.74, 6) is -1.39. The van der Waals surface area contributed by atoms with Gasteiger partial charge in [-0.3, -0.25) is 0 Å². The van der Waals surface area contributed by atoms with E-state index in [0.29, 0.717) is 5.56 Å². The summed E-state index contributed by atoms with van der Waals surface area (Å²) in [6.45, 7) is 0. The molecule has 2 unspecified atom stereocenters. The minimum Gasteiger partial charge on any atom is -0.485 e. The lowest BCUT2D eigenvalue weighted by atomic mass is 9.94. The van der Waals surface area contributed by atoms with Crippen LogP contribution in [-0.2, 0) is 0 Å². The SMILES string of the molecule is OC1CC(c2cc(F)ccc2F)Oc2ccc(F)cc21. The summed E-state index contributed by atoms with van der Waals surface area (Å²) in [5.41, 5.74) is 0.358. The van der Waals surface area contributed by atoms with Crippen molar-refractivity contribution in [1.29, 1.82) is 0 Å². The lowest BCUT2D eigenvalue weighted by Crippen LogP contribution is -2.20. The molecule has 1 aliphatic rings. The Morgan fingerprint density at radius 3 is 2.35 bits per heavy atom. The van der Waals surface area contributed by atoms with Crippen LogP contribution in [0, 0.1) is 17.5 Å². The van der Waals surface area contributed by atoms with E-state index in [9.17, 15) is 18.3 Å². The minimum absolute atomic E-state index is 0.0385. The first-order valence-corrected chi connectivity index (χ1v) is 6.13. The average Bonchev–Trinajstić information content (AvgIpc) is 2.42. The number of rotatable bonds is 1. The van der Waals surface area contributed by atoms with Crippen molar-refractivity contribution < 1.29 is 23.0 Å². The second-order valence-corrected chi connectivity index (χ2v) is 4.71. The summed E-state index contributed by atoms with van der Waals surface area (Å²) in [4.78, 5) is 0. The van der Waals surface area contributed by atoms with Crippen molar-refractivity contribution in [2.75, 3.05) is 0 Å². The molecule has 0 aliphatic carbocycles. The van der Waals surface area contributed by atoms with Gasteiger partial charge in [0, 0.05) is 17.5 Å². The van der Waals surface area contributed by atoms with Crippen molar-refractivity contribution in [1.82, 2.24) is 0 Å². The highest BCUT2D eigenvalue weighted by Gasteiger charge is 2.30. The van der Waals surface area contributed by atoms with Crippen LogP contribution < -0.4 is 4.74 Å². The Morgan fingerprint density at radius 2 is 1.60 bits per heavy atom. The lowest BCUT2D eigenvalue weighted by molar-refractivity contribution is 0.0634. The van der Waals surface area contributed by atoms with Gasteiger partial charge in [-0.05, 0) is 36.4 Å². The van der Waals surface area contributed by atoms with Crippen LogP contribution in [0.4, 0.5) is 13.2 Å². The van der Waals surface area contributed by atoms with E-state index in [1.54, 1.807) is 0 Å². The molecule has 1 heterocycles. The number of aliphatic hydroxyl groups excluding tert-OH is 1.